The Morgan fingerprint density at radius 3 is 2.37 bits per heavy atom. The van der Waals surface area contributed by atoms with E-state index in [0.717, 1.165) is 12.1 Å². The summed E-state index contributed by atoms with van der Waals surface area (Å²) in [6, 6.07) is 11.3. The lowest BCUT2D eigenvalue weighted by atomic mass is 9.99. The molecule has 1 unspecified atom stereocenters. The lowest BCUT2D eigenvalue weighted by molar-refractivity contribution is -0.127. The lowest BCUT2D eigenvalue weighted by Gasteiger charge is -2.34. The fourth-order valence-electron chi connectivity index (χ4n) is 3.52. The van der Waals surface area contributed by atoms with E-state index in [4.69, 9.17) is 16.3 Å². The third-order valence-electron chi connectivity index (χ3n) is 5.08. The van der Waals surface area contributed by atoms with Crippen LogP contribution in [0.5, 0.6) is 5.75 Å². The molecular weight excluding hydrogens is 476 g/mol. The highest BCUT2D eigenvalue weighted by molar-refractivity contribution is 6.32. The highest BCUT2D eigenvalue weighted by Gasteiger charge is 2.36. The predicted molar refractivity (Wildman–Crippen MR) is 129 cm³/mol. The van der Waals surface area contributed by atoms with Gasteiger partial charge in [-0.2, -0.15) is 0 Å². The number of pyridine rings is 1. The molecule has 2 aromatic carbocycles. The van der Waals surface area contributed by atoms with Crippen LogP contribution in [0.25, 0.3) is 0 Å². The van der Waals surface area contributed by atoms with Crippen molar-refractivity contribution >= 4 is 23.4 Å². The van der Waals surface area contributed by atoms with Crippen molar-refractivity contribution in [2.24, 2.45) is 0 Å². The second-order valence-corrected chi connectivity index (χ2v) is 9.29. The van der Waals surface area contributed by atoms with Crippen LogP contribution in [0.15, 0.2) is 60.8 Å². The van der Waals surface area contributed by atoms with Gasteiger partial charge in [0.25, 0.3) is 5.91 Å². The maximum Gasteiger partial charge on any atom is 0.258 e. The van der Waals surface area contributed by atoms with Crippen molar-refractivity contribution in [2.45, 2.75) is 38.9 Å². The largest absolute Gasteiger partial charge is 0.497 e. The number of halogens is 3. The average molecular weight is 502 g/mol. The van der Waals surface area contributed by atoms with Crippen LogP contribution >= 0.6 is 11.6 Å². The molecule has 1 atom stereocenters. The van der Waals surface area contributed by atoms with Crippen LogP contribution < -0.4 is 10.1 Å². The van der Waals surface area contributed by atoms with Gasteiger partial charge in [0.05, 0.1) is 12.7 Å². The zero-order chi connectivity index (χ0) is 25.8. The number of ether oxygens (including phenoxy) is 1. The first kappa shape index (κ1) is 26.1. The van der Waals surface area contributed by atoms with Crippen molar-refractivity contribution in [3.63, 3.8) is 0 Å². The van der Waals surface area contributed by atoms with E-state index < -0.39 is 35.0 Å². The molecule has 184 valence electrons. The molecule has 0 saturated heterocycles. The number of aromatic nitrogens is 1. The normalized spacial score (nSPS) is 12.1. The summed E-state index contributed by atoms with van der Waals surface area (Å²) in [4.78, 5) is 32.4. The van der Waals surface area contributed by atoms with Crippen LogP contribution in [0.1, 0.15) is 48.3 Å². The minimum atomic E-state index is -1.43. The monoisotopic (exact) mass is 501 g/mol. The highest BCUT2D eigenvalue weighted by atomic mass is 35.5. The molecule has 1 N–H and O–H groups in total. The van der Waals surface area contributed by atoms with Crippen molar-refractivity contribution in [1.82, 2.24) is 15.2 Å². The number of methoxy groups -OCH3 is 1. The highest BCUT2D eigenvalue weighted by Crippen LogP contribution is 2.30. The maximum atomic E-state index is 15.0. The molecule has 0 radical (unpaired) electrons. The molecule has 0 aliphatic carbocycles. The van der Waals surface area contributed by atoms with Gasteiger partial charge in [0, 0.05) is 29.9 Å². The quantitative estimate of drug-likeness (QED) is 0.445. The summed E-state index contributed by atoms with van der Waals surface area (Å²) < 4.78 is 33.9. The summed E-state index contributed by atoms with van der Waals surface area (Å²) in [5.41, 5.74) is -0.156. The van der Waals surface area contributed by atoms with E-state index in [0.29, 0.717) is 17.4 Å². The first-order chi connectivity index (χ1) is 16.5. The van der Waals surface area contributed by atoms with Gasteiger partial charge in [-0.25, -0.2) is 13.8 Å². The Bertz CT molecular complexity index is 1210. The van der Waals surface area contributed by atoms with E-state index in [1.165, 1.54) is 30.3 Å². The lowest BCUT2D eigenvalue weighted by Crippen LogP contribution is -2.49. The fourth-order valence-corrected chi connectivity index (χ4v) is 3.72. The number of carbonyl (C=O) groups is 2. The molecule has 0 aliphatic rings. The number of nitrogens with one attached hydrogen (secondary N) is 1. The van der Waals surface area contributed by atoms with E-state index >= 15 is 4.39 Å². The topological polar surface area (TPSA) is 71.5 Å². The van der Waals surface area contributed by atoms with Crippen LogP contribution in [0.4, 0.5) is 8.78 Å². The summed E-state index contributed by atoms with van der Waals surface area (Å²) in [6.45, 7) is 5.21. The number of benzene rings is 2. The summed E-state index contributed by atoms with van der Waals surface area (Å²) >= 11 is 6.20. The third-order valence-corrected chi connectivity index (χ3v) is 5.38. The molecule has 35 heavy (non-hydrogen) atoms. The van der Waals surface area contributed by atoms with Crippen LogP contribution in [-0.4, -0.2) is 34.3 Å². The summed E-state index contributed by atoms with van der Waals surface area (Å²) in [5, 5.41) is 2.74. The summed E-state index contributed by atoms with van der Waals surface area (Å²) in [5.74, 6) is -2.43. The Morgan fingerprint density at radius 1 is 1.11 bits per heavy atom. The third kappa shape index (κ3) is 6.54. The van der Waals surface area contributed by atoms with Gasteiger partial charge in [0.1, 0.15) is 28.6 Å². The Kier molecular flexibility index (Phi) is 8.07. The van der Waals surface area contributed by atoms with Crippen molar-refractivity contribution in [3.05, 3.63) is 94.3 Å². The summed E-state index contributed by atoms with van der Waals surface area (Å²) in [7, 11) is 1.53. The van der Waals surface area contributed by atoms with Gasteiger partial charge in [-0.05, 0) is 56.7 Å². The number of carbonyl (C=O) groups excluding carboxylic acids is 2. The van der Waals surface area contributed by atoms with Crippen LogP contribution in [0.2, 0.25) is 5.15 Å². The molecule has 3 rings (SSSR count). The minimum absolute atomic E-state index is 0.0405. The number of nitrogens with zero attached hydrogens (tertiary/aromatic N) is 2. The van der Waals surface area contributed by atoms with Crippen molar-refractivity contribution in [3.8, 4) is 5.75 Å². The smallest absolute Gasteiger partial charge is 0.258 e. The van der Waals surface area contributed by atoms with Crippen LogP contribution in [0, 0.1) is 11.6 Å². The SMILES string of the molecule is COc1ccc(CN(C(=O)c2cccnc2Cl)C(C(=O)NC(C)(C)C)c2ccc(F)cc2F)cc1. The first-order valence-corrected chi connectivity index (χ1v) is 11.2. The predicted octanol–water partition coefficient (Wildman–Crippen LogP) is 5.32. The van der Waals surface area contributed by atoms with Gasteiger partial charge in [-0.15, -0.1) is 0 Å². The second kappa shape index (κ2) is 10.8. The van der Waals surface area contributed by atoms with Gasteiger partial charge in [-0.1, -0.05) is 29.8 Å². The number of hydrogen-bond donors (Lipinski definition) is 1. The molecule has 0 spiro atoms. The van der Waals surface area contributed by atoms with Crippen LogP contribution in [-0.2, 0) is 11.3 Å². The van der Waals surface area contributed by atoms with E-state index in [9.17, 15) is 14.0 Å². The van der Waals surface area contributed by atoms with Gasteiger partial charge in [0.15, 0.2) is 0 Å². The van der Waals surface area contributed by atoms with Gasteiger partial charge in [0.2, 0.25) is 5.91 Å². The number of rotatable bonds is 7. The number of hydrogen-bond acceptors (Lipinski definition) is 4. The molecular formula is C26H26ClF2N3O3. The Labute approximate surface area is 207 Å². The average Bonchev–Trinajstić information content (AvgIpc) is 2.79. The van der Waals surface area contributed by atoms with Crippen molar-refractivity contribution < 1.29 is 23.1 Å². The second-order valence-electron chi connectivity index (χ2n) is 8.93. The fraction of sp³-hybridized carbons (Fsp3) is 0.269. The zero-order valence-electron chi connectivity index (χ0n) is 19.8. The molecule has 0 bridgehead atoms. The van der Waals surface area contributed by atoms with Crippen LogP contribution in [0.3, 0.4) is 0 Å². The Hall–Kier alpha value is -3.52. The molecule has 0 aliphatic heterocycles. The van der Waals surface area contributed by atoms with Gasteiger partial charge < -0.3 is 15.0 Å². The number of amides is 2. The van der Waals surface area contributed by atoms with E-state index in [1.54, 1.807) is 45.0 Å². The molecule has 1 heterocycles. The molecule has 6 nitrogen and oxygen atoms in total. The van der Waals surface area contributed by atoms with Gasteiger partial charge in [-0.3, -0.25) is 9.59 Å². The molecule has 9 heteroatoms. The minimum Gasteiger partial charge on any atom is -0.497 e. The molecule has 2 amide bonds. The molecule has 1 aromatic heterocycles. The van der Waals surface area contributed by atoms with Gasteiger partial charge >= 0.3 is 0 Å². The molecule has 0 fully saturated rings. The maximum absolute atomic E-state index is 15.0. The summed E-state index contributed by atoms with van der Waals surface area (Å²) in [6.07, 6.45) is 1.43. The van der Waals surface area contributed by atoms with E-state index in [1.807, 2.05) is 0 Å². The van der Waals surface area contributed by atoms with Crippen molar-refractivity contribution in [2.75, 3.05) is 7.11 Å². The Morgan fingerprint density at radius 2 is 1.80 bits per heavy atom. The first-order valence-electron chi connectivity index (χ1n) is 10.8. The van der Waals surface area contributed by atoms with E-state index in [-0.39, 0.29) is 22.8 Å². The molecule has 3 aromatic rings. The standard InChI is InChI=1S/C26H26ClF2N3O3/c1-26(2,3)31-24(33)22(19-12-9-17(28)14-21(19)29)32(15-16-7-10-18(35-4)11-8-16)25(34)20-6-5-13-30-23(20)27/h5-14,22H,15H2,1-4H3,(H,31,33). The van der Waals surface area contributed by atoms with Crippen molar-refractivity contribution in [1.29, 1.82) is 0 Å². The molecule has 0 saturated carbocycles. The zero-order valence-corrected chi connectivity index (χ0v) is 20.6. The Balaban J connectivity index is 2.17. The van der Waals surface area contributed by atoms with E-state index in [2.05, 4.69) is 10.3 Å².